The molecular weight excluding hydrogens is 434 g/mol. The summed E-state index contributed by atoms with van der Waals surface area (Å²) in [5.74, 6) is 0.151. The van der Waals surface area contributed by atoms with Gasteiger partial charge in [-0.25, -0.2) is 8.42 Å². The van der Waals surface area contributed by atoms with E-state index in [9.17, 15) is 18.0 Å². The summed E-state index contributed by atoms with van der Waals surface area (Å²) in [7, 11) is -2.20. The number of rotatable bonds is 9. The van der Waals surface area contributed by atoms with Gasteiger partial charge in [0.25, 0.3) is 0 Å². The van der Waals surface area contributed by atoms with E-state index in [2.05, 4.69) is 10.6 Å². The Morgan fingerprint density at radius 3 is 2.66 bits per heavy atom. The van der Waals surface area contributed by atoms with Crippen molar-refractivity contribution in [2.75, 3.05) is 32.1 Å². The summed E-state index contributed by atoms with van der Waals surface area (Å²) in [5.41, 5.74) is 0.264. The van der Waals surface area contributed by atoms with Gasteiger partial charge in [0.1, 0.15) is 11.5 Å². The molecule has 0 aliphatic carbocycles. The van der Waals surface area contributed by atoms with Crippen molar-refractivity contribution in [2.24, 2.45) is 0 Å². The normalized spacial score (nSPS) is 14.9. The molecule has 172 valence electrons. The molecule has 0 unspecified atom stereocenters. The molecule has 0 radical (unpaired) electrons. The summed E-state index contributed by atoms with van der Waals surface area (Å²) in [5, 5.41) is 5.28. The quantitative estimate of drug-likeness (QED) is 0.554. The van der Waals surface area contributed by atoms with Crippen molar-refractivity contribution in [3.63, 3.8) is 0 Å². The first kappa shape index (κ1) is 23.6. The number of anilines is 1. The van der Waals surface area contributed by atoms with Gasteiger partial charge in [-0.05, 0) is 49.2 Å². The molecule has 3 rings (SSSR count). The number of carbonyl (C=O) groups is 2. The fraction of sp³-hybridized carbons (Fsp3) is 0.364. The second kappa shape index (κ2) is 11.0. The van der Waals surface area contributed by atoms with Gasteiger partial charge < -0.3 is 19.8 Å². The number of hydrogen-bond donors (Lipinski definition) is 2. The molecule has 0 atom stereocenters. The molecule has 2 heterocycles. The summed E-state index contributed by atoms with van der Waals surface area (Å²) < 4.78 is 37.7. The first-order valence-electron chi connectivity index (χ1n) is 10.4. The van der Waals surface area contributed by atoms with Gasteiger partial charge in [-0.2, -0.15) is 4.31 Å². The van der Waals surface area contributed by atoms with Crippen molar-refractivity contribution in [1.29, 1.82) is 0 Å². The minimum atomic E-state index is -3.64. The SMILES string of the molecule is COc1ccc(S(=O)(=O)N2CCCCC2)cc1NC(=O)CCNC(=O)/C=C/c1ccco1. The Hall–Kier alpha value is -3.11. The Morgan fingerprint density at radius 1 is 1.19 bits per heavy atom. The Bertz CT molecular complexity index is 1060. The lowest BCUT2D eigenvalue weighted by atomic mass is 10.2. The highest BCUT2D eigenvalue weighted by molar-refractivity contribution is 7.89. The monoisotopic (exact) mass is 461 g/mol. The predicted molar refractivity (Wildman–Crippen MR) is 120 cm³/mol. The molecule has 32 heavy (non-hydrogen) atoms. The molecule has 1 saturated heterocycles. The number of nitrogens with one attached hydrogen (secondary N) is 2. The van der Waals surface area contributed by atoms with Gasteiger partial charge in [0.2, 0.25) is 21.8 Å². The topological polar surface area (TPSA) is 118 Å². The molecular formula is C22H27N3O6S. The number of nitrogens with zero attached hydrogens (tertiary/aromatic N) is 1. The average molecular weight is 462 g/mol. The lowest BCUT2D eigenvalue weighted by Gasteiger charge is -2.26. The van der Waals surface area contributed by atoms with Gasteiger partial charge in [0.15, 0.2) is 0 Å². The fourth-order valence-electron chi connectivity index (χ4n) is 3.31. The van der Waals surface area contributed by atoms with Crippen LogP contribution in [-0.2, 0) is 19.6 Å². The summed E-state index contributed by atoms with van der Waals surface area (Å²) in [6.07, 6.45) is 7.03. The van der Waals surface area contributed by atoms with E-state index in [1.54, 1.807) is 12.1 Å². The smallest absolute Gasteiger partial charge is 0.244 e. The van der Waals surface area contributed by atoms with Crippen molar-refractivity contribution in [3.8, 4) is 5.75 Å². The second-order valence-corrected chi connectivity index (χ2v) is 9.20. The summed E-state index contributed by atoms with van der Waals surface area (Å²) in [4.78, 5) is 24.3. The number of piperidine rings is 1. The zero-order chi connectivity index (χ0) is 23.0. The summed E-state index contributed by atoms with van der Waals surface area (Å²) in [6.45, 7) is 1.09. The number of ether oxygens (including phenoxy) is 1. The van der Waals surface area contributed by atoms with Crippen molar-refractivity contribution < 1.29 is 27.2 Å². The Balaban J connectivity index is 1.58. The molecule has 1 aromatic heterocycles. The third-order valence-electron chi connectivity index (χ3n) is 4.99. The van der Waals surface area contributed by atoms with Gasteiger partial charge in [-0.3, -0.25) is 9.59 Å². The van der Waals surface area contributed by atoms with Crippen LogP contribution in [0.4, 0.5) is 5.69 Å². The van der Waals surface area contributed by atoms with Gasteiger partial charge in [-0.15, -0.1) is 0 Å². The van der Waals surface area contributed by atoms with Crippen LogP contribution in [0.2, 0.25) is 0 Å². The van der Waals surface area contributed by atoms with Crippen LogP contribution in [0.3, 0.4) is 0 Å². The molecule has 1 aliphatic heterocycles. The van der Waals surface area contributed by atoms with E-state index in [1.807, 2.05) is 0 Å². The lowest BCUT2D eigenvalue weighted by Crippen LogP contribution is -2.35. The molecule has 9 nitrogen and oxygen atoms in total. The Morgan fingerprint density at radius 2 is 1.97 bits per heavy atom. The van der Waals surface area contributed by atoms with Gasteiger partial charge in [-0.1, -0.05) is 6.42 Å². The first-order chi connectivity index (χ1) is 15.4. The number of methoxy groups -OCH3 is 1. The number of benzene rings is 1. The standard InChI is InChI=1S/C22H27N3O6S/c1-30-20-9-8-18(32(28,29)25-13-3-2-4-14-25)16-19(20)24-22(27)11-12-23-21(26)10-7-17-6-5-15-31-17/h5-10,15-16H,2-4,11-14H2,1H3,(H,23,26)(H,24,27)/b10-7+. The maximum Gasteiger partial charge on any atom is 0.244 e. The van der Waals surface area contributed by atoms with Crippen molar-refractivity contribution >= 4 is 33.6 Å². The predicted octanol–water partition coefficient (Wildman–Crippen LogP) is 2.62. The zero-order valence-electron chi connectivity index (χ0n) is 17.9. The van der Waals surface area contributed by atoms with Crippen LogP contribution in [0.5, 0.6) is 5.75 Å². The van der Waals surface area contributed by atoms with Crippen LogP contribution >= 0.6 is 0 Å². The van der Waals surface area contributed by atoms with E-state index in [1.165, 1.54) is 48.0 Å². The van der Waals surface area contributed by atoms with Crippen LogP contribution in [0.15, 0.2) is 52.0 Å². The molecule has 1 fully saturated rings. The molecule has 10 heteroatoms. The minimum Gasteiger partial charge on any atom is -0.495 e. The highest BCUT2D eigenvalue weighted by Crippen LogP contribution is 2.30. The number of sulfonamides is 1. The lowest BCUT2D eigenvalue weighted by molar-refractivity contribution is -0.117. The minimum absolute atomic E-state index is 0.00654. The van der Waals surface area contributed by atoms with E-state index in [-0.39, 0.29) is 35.4 Å². The number of carbonyl (C=O) groups excluding carboxylic acids is 2. The number of furan rings is 1. The van der Waals surface area contributed by atoms with Gasteiger partial charge in [0, 0.05) is 32.1 Å². The van der Waals surface area contributed by atoms with Crippen molar-refractivity contribution in [2.45, 2.75) is 30.6 Å². The third-order valence-corrected chi connectivity index (χ3v) is 6.89. The molecule has 0 saturated carbocycles. The van der Waals surface area contributed by atoms with Gasteiger partial charge >= 0.3 is 0 Å². The van der Waals surface area contributed by atoms with Crippen LogP contribution in [0.25, 0.3) is 6.08 Å². The molecule has 2 aromatic rings. The molecule has 2 N–H and O–H groups in total. The Labute approximate surface area is 187 Å². The number of hydrogen-bond acceptors (Lipinski definition) is 6. The van der Waals surface area contributed by atoms with Crippen LogP contribution < -0.4 is 15.4 Å². The molecule has 0 spiro atoms. The first-order valence-corrected chi connectivity index (χ1v) is 11.8. The zero-order valence-corrected chi connectivity index (χ0v) is 18.7. The molecule has 1 aliphatic rings. The highest BCUT2D eigenvalue weighted by Gasteiger charge is 2.27. The summed E-state index contributed by atoms with van der Waals surface area (Å²) in [6, 6.07) is 7.83. The van der Waals surface area contributed by atoms with E-state index in [0.717, 1.165) is 19.3 Å². The maximum absolute atomic E-state index is 12.9. The van der Waals surface area contributed by atoms with Crippen LogP contribution in [-0.4, -0.2) is 51.3 Å². The Kier molecular flexibility index (Phi) is 8.07. The van der Waals surface area contributed by atoms with Crippen molar-refractivity contribution in [3.05, 3.63) is 48.4 Å². The average Bonchev–Trinajstić information content (AvgIpc) is 3.32. The fourth-order valence-corrected chi connectivity index (χ4v) is 4.86. The van der Waals surface area contributed by atoms with E-state index >= 15 is 0 Å². The maximum atomic E-state index is 12.9. The molecule has 1 aromatic carbocycles. The van der Waals surface area contributed by atoms with Crippen LogP contribution in [0, 0.1) is 0 Å². The van der Waals surface area contributed by atoms with E-state index in [4.69, 9.17) is 9.15 Å². The summed E-state index contributed by atoms with van der Waals surface area (Å²) >= 11 is 0. The van der Waals surface area contributed by atoms with Crippen LogP contribution in [0.1, 0.15) is 31.4 Å². The highest BCUT2D eigenvalue weighted by atomic mass is 32.2. The number of amides is 2. The third kappa shape index (κ3) is 6.21. The van der Waals surface area contributed by atoms with Gasteiger partial charge in [0.05, 0.1) is 24.0 Å². The molecule has 0 bridgehead atoms. The largest absolute Gasteiger partial charge is 0.495 e. The van der Waals surface area contributed by atoms with E-state index < -0.39 is 10.0 Å². The second-order valence-electron chi connectivity index (χ2n) is 7.26. The van der Waals surface area contributed by atoms with Crippen molar-refractivity contribution in [1.82, 2.24) is 9.62 Å². The van der Waals surface area contributed by atoms with E-state index in [0.29, 0.717) is 24.6 Å². The molecule has 2 amide bonds.